The minimum atomic E-state index is -0.542. The topological polar surface area (TPSA) is 42.4 Å². The van der Waals surface area contributed by atoms with Crippen LogP contribution in [0.4, 0.5) is 0 Å². The van der Waals surface area contributed by atoms with Gasteiger partial charge in [-0.2, -0.15) is 0 Å². The van der Waals surface area contributed by atoms with Crippen LogP contribution in [0.25, 0.3) is 0 Å². The molecule has 1 aliphatic heterocycles. The van der Waals surface area contributed by atoms with Crippen molar-refractivity contribution in [3.8, 4) is 0 Å². The van der Waals surface area contributed by atoms with Crippen molar-refractivity contribution >= 4 is 0 Å². The largest absolute Gasteiger partial charge is 0.388 e. The van der Waals surface area contributed by atoms with Crippen molar-refractivity contribution in [3.05, 3.63) is 65.0 Å². The second-order valence-corrected chi connectivity index (χ2v) is 5.29. The highest BCUT2D eigenvalue weighted by Gasteiger charge is 2.24. The number of nitrogens with zero attached hydrogens (tertiary/aromatic N) is 1. The summed E-state index contributed by atoms with van der Waals surface area (Å²) in [6.45, 7) is 2.72. The summed E-state index contributed by atoms with van der Waals surface area (Å²) in [5, 5.41) is 10.5. The molecule has 3 nitrogen and oxygen atoms in total. The van der Waals surface area contributed by atoms with Gasteiger partial charge in [0.2, 0.25) is 0 Å². The summed E-state index contributed by atoms with van der Waals surface area (Å²) in [6.07, 6.45) is 4.44. The molecule has 1 aromatic heterocycles. The van der Waals surface area contributed by atoms with E-state index in [0.717, 1.165) is 24.2 Å². The Balaban J connectivity index is 1.81. The summed E-state index contributed by atoms with van der Waals surface area (Å²) in [6, 6.07) is 10.3. The van der Waals surface area contributed by atoms with Gasteiger partial charge >= 0.3 is 0 Å². The van der Waals surface area contributed by atoms with E-state index in [9.17, 15) is 5.11 Å². The van der Waals surface area contributed by atoms with Crippen molar-refractivity contribution in [3.63, 3.8) is 0 Å². The predicted molar refractivity (Wildman–Crippen MR) is 77.4 cm³/mol. The van der Waals surface area contributed by atoms with Gasteiger partial charge in [-0.25, -0.2) is 0 Å². The second kappa shape index (κ2) is 5.73. The Morgan fingerprint density at radius 1 is 1.35 bits per heavy atom. The van der Waals surface area contributed by atoms with Gasteiger partial charge in [-0.05, 0) is 36.1 Å². The molecule has 2 atom stereocenters. The van der Waals surface area contributed by atoms with Crippen LogP contribution in [0.3, 0.4) is 0 Å². The molecule has 0 bridgehead atoms. The van der Waals surface area contributed by atoms with Gasteiger partial charge in [0.1, 0.15) is 0 Å². The molecule has 2 unspecified atom stereocenters. The number of benzene rings is 1. The average molecular weight is 269 g/mol. The fourth-order valence-corrected chi connectivity index (χ4v) is 2.83. The summed E-state index contributed by atoms with van der Waals surface area (Å²) >= 11 is 0. The third-order valence-corrected chi connectivity index (χ3v) is 3.97. The molecule has 0 saturated carbocycles. The van der Waals surface area contributed by atoms with E-state index in [0.29, 0.717) is 6.42 Å². The van der Waals surface area contributed by atoms with Crippen molar-refractivity contribution in [2.75, 3.05) is 6.61 Å². The quantitative estimate of drug-likeness (QED) is 0.931. The first kappa shape index (κ1) is 13.3. The first-order valence-corrected chi connectivity index (χ1v) is 7.03. The van der Waals surface area contributed by atoms with E-state index in [1.165, 1.54) is 11.1 Å². The van der Waals surface area contributed by atoms with Gasteiger partial charge in [-0.3, -0.25) is 4.98 Å². The summed E-state index contributed by atoms with van der Waals surface area (Å²) < 4.78 is 5.86. The summed E-state index contributed by atoms with van der Waals surface area (Å²) in [7, 11) is 0. The normalized spacial score (nSPS) is 19.4. The Hall–Kier alpha value is -1.71. The standard InChI is InChI=1S/C17H19NO2/c1-12-6-8-18-11-15(12)16(19)10-17-14-5-3-2-4-13(14)7-9-20-17/h2-6,8,11,16-17,19H,7,9-10H2,1H3. The van der Waals surface area contributed by atoms with Crippen molar-refractivity contribution in [2.24, 2.45) is 0 Å². The maximum absolute atomic E-state index is 10.5. The number of aliphatic hydroxyl groups is 1. The van der Waals surface area contributed by atoms with E-state index in [4.69, 9.17) is 4.74 Å². The van der Waals surface area contributed by atoms with Crippen LogP contribution >= 0.6 is 0 Å². The number of pyridine rings is 1. The Kier molecular flexibility index (Phi) is 3.81. The zero-order valence-electron chi connectivity index (χ0n) is 11.6. The first-order valence-electron chi connectivity index (χ1n) is 7.03. The Morgan fingerprint density at radius 3 is 3.05 bits per heavy atom. The van der Waals surface area contributed by atoms with Crippen LogP contribution in [0.15, 0.2) is 42.7 Å². The third-order valence-electron chi connectivity index (χ3n) is 3.97. The van der Waals surface area contributed by atoms with Crippen LogP contribution in [-0.4, -0.2) is 16.7 Å². The Bertz CT molecular complexity index is 597. The molecule has 1 N–H and O–H groups in total. The molecule has 0 saturated heterocycles. The highest BCUT2D eigenvalue weighted by molar-refractivity contribution is 5.32. The zero-order chi connectivity index (χ0) is 13.9. The number of aliphatic hydroxyl groups excluding tert-OH is 1. The fourth-order valence-electron chi connectivity index (χ4n) is 2.83. The average Bonchev–Trinajstić information content (AvgIpc) is 2.48. The Labute approximate surface area is 119 Å². The molecule has 3 heteroatoms. The monoisotopic (exact) mass is 269 g/mol. The molecule has 104 valence electrons. The molecule has 1 aliphatic rings. The van der Waals surface area contributed by atoms with Crippen molar-refractivity contribution in [1.29, 1.82) is 0 Å². The second-order valence-electron chi connectivity index (χ2n) is 5.29. The summed E-state index contributed by atoms with van der Waals surface area (Å²) in [4.78, 5) is 4.10. The Morgan fingerprint density at radius 2 is 2.20 bits per heavy atom. The van der Waals surface area contributed by atoms with E-state index in [2.05, 4.69) is 23.2 Å². The van der Waals surface area contributed by atoms with Crippen molar-refractivity contribution < 1.29 is 9.84 Å². The van der Waals surface area contributed by atoms with Gasteiger partial charge < -0.3 is 9.84 Å². The number of rotatable bonds is 3. The number of ether oxygens (including phenoxy) is 1. The minimum Gasteiger partial charge on any atom is -0.388 e. The zero-order valence-corrected chi connectivity index (χ0v) is 11.6. The summed E-state index contributed by atoms with van der Waals surface area (Å²) in [5.74, 6) is 0. The molecule has 0 aliphatic carbocycles. The molecule has 2 heterocycles. The number of hydrogen-bond acceptors (Lipinski definition) is 3. The highest BCUT2D eigenvalue weighted by atomic mass is 16.5. The smallest absolute Gasteiger partial charge is 0.0855 e. The molecule has 3 rings (SSSR count). The van der Waals surface area contributed by atoms with E-state index >= 15 is 0 Å². The molecule has 0 amide bonds. The molecule has 1 aromatic carbocycles. The molecule has 2 aromatic rings. The minimum absolute atomic E-state index is 0.0328. The number of hydrogen-bond donors (Lipinski definition) is 1. The van der Waals surface area contributed by atoms with E-state index in [-0.39, 0.29) is 6.10 Å². The van der Waals surface area contributed by atoms with Gasteiger partial charge in [-0.15, -0.1) is 0 Å². The van der Waals surface area contributed by atoms with Crippen LogP contribution in [0, 0.1) is 6.92 Å². The van der Waals surface area contributed by atoms with Crippen LogP contribution in [0.5, 0.6) is 0 Å². The lowest BCUT2D eigenvalue weighted by Crippen LogP contribution is -2.18. The fraction of sp³-hybridized carbons (Fsp3) is 0.353. The van der Waals surface area contributed by atoms with Crippen molar-refractivity contribution in [2.45, 2.75) is 32.0 Å². The van der Waals surface area contributed by atoms with Crippen LogP contribution in [-0.2, 0) is 11.2 Å². The third kappa shape index (κ3) is 2.60. The lowest BCUT2D eigenvalue weighted by molar-refractivity contribution is 0.00357. The lowest BCUT2D eigenvalue weighted by Gasteiger charge is -2.28. The molecule has 0 spiro atoms. The highest BCUT2D eigenvalue weighted by Crippen LogP contribution is 2.34. The van der Waals surface area contributed by atoms with Gasteiger partial charge in [0.05, 0.1) is 18.8 Å². The van der Waals surface area contributed by atoms with Crippen LogP contribution in [0.2, 0.25) is 0 Å². The van der Waals surface area contributed by atoms with Gasteiger partial charge in [-0.1, -0.05) is 24.3 Å². The maximum Gasteiger partial charge on any atom is 0.0855 e. The molecular formula is C17H19NO2. The van der Waals surface area contributed by atoms with Gasteiger partial charge in [0.25, 0.3) is 0 Å². The maximum atomic E-state index is 10.5. The van der Waals surface area contributed by atoms with Crippen LogP contribution < -0.4 is 0 Å². The molecule has 0 fully saturated rings. The first-order chi connectivity index (χ1) is 9.75. The van der Waals surface area contributed by atoms with E-state index in [1.54, 1.807) is 12.4 Å². The number of aryl methyl sites for hydroxylation is 1. The number of fused-ring (bicyclic) bond motifs is 1. The SMILES string of the molecule is Cc1ccncc1C(O)CC1OCCc2ccccc21. The van der Waals surface area contributed by atoms with Crippen LogP contribution in [0.1, 0.15) is 40.9 Å². The van der Waals surface area contributed by atoms with E-state index in [1.807, 2.05) is 19.1 Å². The lowest BCUT2D eigenvalue weighted by atomic mass is 9.92. The molecule has 0 radical (unpaired) electrons. The van der Waals surface area contributed by atoms with Gasteiger partial charge in [0, 0.05) is 24.4 Å². The number of aromatic nitrogens is 1. The van der Waals surface area contributed by atoms with Crippen molar-refractivity contribution in [1.82, 2.24) is 4.98 Å². The van der Waals surface area contributed by atoms with Gasteiger partial charge in [0.15, 0.2) is 0 Å². The summed E-state index contributed by atoms with van der Waals surface area (Å²) in [5.41, 5.74) is 4.49. The molecular weight excluding hydrogens is 250 g/mol. The van der Waals surface area contributed by atoms with E-state index < -0.39 is 6.10 Å². The predicted octanol–water partition coefficient (Wildman–Crippen LogP) is 3.13. The molecule has 20 heavy (non-hydrogen) atoms.